The fourth-order valence-corrected chi connectivity index (χ4v) is 1.23. The van der Waals surface area contributed by atoms with Crippen molar-refractivity contribution in [3.05, 3.63) is 30.1 Å². The van der Waals surface area contributed by atoms with Crippen LogP contribution in [0.1, 0.15) is 20.3 Å². The standard InChI is InChI=1S/C12H18FNO/c1-3-7-14-10(2)9-15-12-6-4-5-11(13)8-12/h4-6,8,10,14H,3,7,9H2,1-2H3. The molecule has 15 heavy (non-hydrogen) atoms. The Morgan fingerprint density at radius 2 is 2.27 bits per heavy atom. The van der Waals surface area contributed by atoms with Crippen LogP contribution in [0.2, 0.25) is 0 Å². The summed E-state index contributed by atoms with van der Waals surface area (Å²) in [6, 6.07) is 6.50. The molecule has 1 rings (SSSR count). The van der Waals surface area contributed by atoms with Gasteiger partial charge in [-0.25, -0.2) is 4.39 Å². The molecule has 84 valence electrons. The Morgan fingerprint density at radius 3 is 2.93 bits per heavy atom. The van der Waals surface area contributed by atoms with E-state index in [9.17, 15) is 4.39 Å². The number of ether oxygens (including phenoxy) is 1. The van der Waals surface area contributed by atoms with E-state index in [1.54, 1.807) is 12.1 Å². The minimum atomic E-state index is -0.262. The van der Waals surface area contributed by atoms with Crippen molar-refractivity contribution in [1.82, 2.24) is 5.32 Å². The van der Waals surface area contributed by atoms with Crippen LogP contribution in [-0.2, 0) is 0 Å². The van der Waals surface area contributed by atoms with E-state index in [0.717, 1.165) is 13.0 Å². The summed E-state index contributed by atoms with van der Waals surface area (Å²) in [5, 5.41) is 3.30. The van der Waals surface area contributed by atoms with Gasteiger partial charge in [-0.2, -0.15) is 0 Å². The first-order chi connectivity index (χ1) is 7.22. The summed E-state index contributed by atoms with van der Waals surface area (Å²) < 4.78 is 18.2. The van der Waals surface area contributed by atoms with Crippen LogP contribution < -0.4 is 10.1 Å². The third-order valence-electron chi connectivity index (χ3n) is 2.04. The lowest BCUT2D eigenvalue weighted by Crippen LogP contribution is -2.32. The normalized spacial score (nSPS) is 12.5. The first kappa shape index (κ1) is 12.0. The van der Waals surface area contributed by atoms with E-state index < -0.39 is 0 Å². The number of hydrogen-bond acceptors (Lipinski definition) is 2. The van der Waals surface area contributed by atoms with Crippen molar-refractivity contribution in [1.29, 1.82) is 0 Å². The van der Waals surface area contributed by atoms with Crippen LogP contribution in [0, 0.1) is 5.82 Å². The maximum absolute atomic E-state index is 12.8. The molecular weight excluding hydrogens is 193 g/mol. The summed E-state index contributed by atoms with van der Waals surface area (Å²) in [6.45, 7) is 5.71. The van der Waals surface area contributed by atoms with Gasteiger partial charge in [-0.3, -0.25) is 0 Å². The fourth-order valence-electron chi connectivity index (χ4n) is 1.23. The average Bonchev–Trinajstić information content (AvgIpc) is 2.23. The summed E-state index contributed by atoms with van der Waals surface area (Å²) in [5.41, 5.74) is 0. The summed E-state index contributed by atoms with van der Waals surface area (Å²) in [7, 11) is 0. The highest BCUT2D eigenvalue weighted by atomic mass is 19.1. The second-order valence-corrected chi connectivity index (χ2v) is 3.62. The smallest absolute Gasteiger partial charge is 0.126 e. The van der Waals surface area contributed by atoms with Crippen LogP contribution in [0.25, 0.3) is 0 Å². The van der Waals surface area contributed by atoms with Gasteiger partial charge in [0.1, 0.15) is 18.2 Å². The highest BCUT2D eigenvalue weighted by Gasteiger charge is 2.01. The third kappa shape index (κ3) is 4.79. The fraction of sp³-hybridized carbons (Fsp3) is 0.500. The molecule has 0 aromatic heterocycles. The van der Waals surface area contributed by atoms with E-state index in [1.165, 1.54) is 12.1 Å². The molecule has 0 saturated heterocycles. The number of nitrogens with one attached hydrogen (secondary N) is 1. The number of benzene rings is 1. The Hall–Kier alpha value is -1.09. The molecule has 0 radical (unpaired) electrons. The van der Waals surface area contributed by atoms with Gasteiger partial charge in [0.15, 0.2) is 0 Å². The zero-order chi connectivity index (χ0) is 11.1. The van der Waals surface area contributed by atoms with E-state index in [-0.39, 0.29) is 11.9 Å². The molecule has 2 nitrogen and oxygen atoms in total. The number of rotatable bonds is 6. The molecule has 0 fully saturated rings. The lowest BCUT2D eigenvalue weighted by Gasteiger charge is -2.14. The van der Waals surface area contributed by atoms with E-state index in [4.69, 9.17) is 4.74 Å². The van der Waals surface area contributed by atoms with Crippen molar-refractivity contribution in [3.8, 4) is 5.75 Å². The zero-order valence-electron chi connectivity index (χ0n) is 9.29. The topological polar surface area (TPSA) is 21.3 Å². The molecule has 0 saturated carbocycles. The molecule has 0 aliphatic carbocycles. The summed E-state index contributed by atoms with van der Waals surface area (Å²) in [6.07, 6.45) is 1.10. The van der Waals surface area contributed by atoms with E-state index in [2.05, 4.69) is 19.2 Å². The minimum absolute atomic E-state index is 0.262. The van der Waals surface area contributed by atoms with Gasteiger partial charge >= 0.3 is 0 Å². The van der Waals surface area contributed by atoms with Crippen LogP contribution in [0.3, 0.4) is 0 Å². The zero-order valence-corrected chi connectivity index (χ0v) is 9.29. The van der Waals surface area contributed by atoms with Crippen molar-refractivity contribution in [2.24, 2.45) is 0 Å². The van der Waals surface area contributed by atoms with Crippen LogP contribution in [0.5, 0.6) is 5.75 Å². The van der Waals surface area contributed by atoms with Crippen molar-refractivity contribution in [2.45, 2.75) is 26.3 Å². The van der Waals surface area contributed by atoms with E-state index >= 15 is 0 Å². The second-order valence-electron chi connectivity index (χ2n) is 3.62. The predicted octanol–water partition coefficient (Wildman–Crippen LogP) is 2.59. The van der Waals surface area contributed by atoms with Gasteiger partial charge < -0.3 is 10.1 Å². The van der Waals surface area contributed by atoms with E-state index in [0.29, 0.717) is 12.4 Å². The monoisotopic (exact) mass is 211 g/mol. The van der Waals surface area contributed by atoms with Crippen LogP contribution in [-0.4, -0.2) is 19.2 Å². The Labute approximate surface area is 90.4 Å². The molecular formula is C12H18FNO. The molecule has 3 heteroatoms. The minimum Gasteiger partial charge on any atom is -0.492 e. The van der Waals surface area contributed by atoms with Crippen molar-refractivity contribution >= 4 is 0 Å². The Bertz CT molecular complexity index is 291. The van der Waals surface area contributed by atoms with Gasteiger partial charge in [-0.05, 0) is 32.0 Å². The van der Waals surface area contributed by atoms with Crippen LogP contribution >= 0.6 is 0 Å². The van der Waals surface area contributed by atoms with Gasteiger partial charge in [0.2, 0.25) is 0 Å². The molecule has 0 bridgehead atoms. The molecule has 0 heterocycles. The first-order valence-corrected chi connectivity index (χ1v) is 5.34. The van der Waals surface area contributed by atoms with Crippen molar-refractivity contribution < 1.29 is 9.13 Å². The summed E-state index contributed by atoms with van der Waals surface area (Å²) in [5.74, 6) is 0.321. The summed E-state index contributed by atoms with van der Waals surface area (Å²) >= 11 is 0. The highest BCUT2D eigenvalue weighted by Crippen LogP contribution is 2.11. The first-order valence-electron chi connectivity index (χ1n) is 5.34. The van der Waals surface area contributed by atoms with Crippen LogP contribution in [0.15, 0.2) is 24.3 Å². The SMILES string of the molecule is CCCNC(C)COc1cccc(F)c1. The quantitative estimate of drug-likeness (QED) is 0.781. The van der Waals surface area contributed by atoms with Gasteiger partial charge in [0.05, 0.1) is 0 Å². The number of hydrogen-bond donors (Lipinski definition) is 1. The van der Waals surface area contributed by atoms with Crippen molar-refractivity contribution in [2.75, 3.05) is 13.2 Å². The Kier molecular flexibility index (Phi) is 5.12. The maximum atomic E-state index is 12.8. The molecule has 0 amide bonds. The van der Waals surface area contributed by atoms with Gasteiger partial charge in [0.25, 0.3) is 0 Å². The molecule has 1 N–H and O–H groups in total. The lowest BCUT2D eigenvalue weighted by atomic mass is 10.3. The largest absolute Gasteiger partial charge is 0.492 e. The van der Waals surface area contributed by atoms with Crippen LogP contribution in [0.4, 0.5) is 4.39 Å². The van der Waals surface area contributed by atoms with Crippen molar-refractivity contribution in [3.63, 3.8) is 0 Å². The molecule has 0 aliphatic heterocycles. The molecule has 1 aromatic carbocycles. The molecule has 1 unspecified atom stereocenters. The second kappa shape index (κ2) is 6.40. The van der Waals surface area contributed by atoms with Gasteiger partial charge in [-0.1, -0.05) is 13.0 Å². The highest BCUT2D eigenvalue weighted by molar-refractivity contribution is 5.22. The molecule has 0 spiro atoms. The Balaban J connectivity index is 2.30. The molecule has 0 aliphatic rings. The van der Waals surface area contributed by atoms with E-state index in [1.807, 2.05) is 0 Å². The van der Waals surface area contributed by atoms with Gasteiger partial charge in [0, 0.05) is 12.1 Å². The molecule has 1 atom stereocenters. The number of halogens is 1. The third-order valence-corrected chi connectivity index (χ3v) is 2.04. The van der Waals surface area contributed by atoms with Gasteiger partial charge in [-0.15, -0.1) is 0 Å². The molecule has 1 aromatic rings. The lowest BCUT2D eigenvalue weighted by molar-refractivity contribution is 0.272. The predicted molar refractivity (Wildman–Crippen MR) is 59.7 cm³/mol. The average molecular weight is 211 g/mol. The maximum Gasteiger partial charge on any atom is 0.126 e. The Morgan fingerprint density at radius 1 is 1.47 bits per heavy atom. The summed E-state index contributed by atoms with van der Waals surface area (Å²) in [4.78, 5) is 0.